The number of carbonyl (C=O) groups is 1. The predicted octanol–water partition coefficient (Wildman–Crippen LogP) is 1.78. The second kappa shape index (κ2) is 7.01. The van der Waals surface area contributed by atoms with Gasteiger partial charge in [-0.1, -0.05) is 19.8 Å². The van der Waals surface area contributed by atoms with E-state index < -0.39 is 6.04 Å². The highest BCUT2D eigenvalue weighted by atomic mass is 16.2. The Hall–Kier alpha value is -1.42. The molecule has 2 atom stereocenters. The van der Waals surface area contributed by atoms with Gasteiger partial charge in [0.25, 0.3) is 0 Å². The lowest BCUT2D eigenvalue weighted by molar-refractivity contribution is -0.123. The molecular formula is C13H21N3O. The third kappa shape index (κ3) is 4.53. The second-order valence-corrected chi connectivity index (χ2v) is 4.26. The normalized spacial score (nSPS) is 14.1. The number of carbonyl (C=O) groups excluding carboxylic acids is 1. The summed E-state index contributed by atoms with van der Waals surface area (Å²) < 4.78 is 0. The van der Waals surface area contributed by atoms with Crippen LogP contribution in [0.3, 0.4) is 0 Å². The van der Waals surface area contributed by atoms with Gasteiger partial charge in [0.15, 0.2) is 0 Å². The van der Waals surface area contributed by atoms with Gasteiger partial charge in [-0.25, -0.2) is 0 Å². The van der Waals surface area contributed by atoms with E-state index in [0.29, 0.717) is 0 Å². The van der Waals surface area contributed by atoms with E-state index in [1.165, 1.54) is 0 Å². The third-order valence-electron chi connectivity index (χ3n) is 2.77. The molecule has 0 aromatic carbocycles. The van der Waals surface area contributed by atoms with Crippen LogP contribution in [0.5, 0.6) is 0 Å². The summed E-state index contributed by atoms with van der Waals surface area (Å²) >= 11 is 0. The average Bonchev–Trinajstić information content (AvgIpc) is 2.36. The van der Waals surface area contributed by atoms with Gasteiger partial charge in [-0.2, -0.15) is 0 Å². The second-order valence-electron chi connectivity index (χ2n) is 4.26. The summed E-state index contributed by atoms with van der Waals surface area (Å²) in [5.74, 6) is -0.0808. The van der Waals surface area contributed by atoms with Crippen molar-refractivity contribution in [3.8, 4) is 0 Å². The van der Waals surface area contributed by atoms with Crippen molar-refractivity contribution in [3.05, 3.63) is 30.1 Å². The summed E-state index contributed by atoms with van der Waals surface area (Å²) in [6.07, 6.45) is 6.22. The molecule has 1 amide bonds. The molecule has 4 nitrogen and oxygen atoms in total. The van der Waals surface area contributed by atoms with Gasteiger partial charge in [-0.3, -0.25) is 9.78 Å². The molecule has 0 aliphatic rings. The fourth-order valence-corrected chi connectivity index (χ4v) is 1.61. The Morgan fingerprint density at radius 1 is 1.47 bits per heavy atom. The molecule has 0 unspecified atom stereocenters. The fraction of sp³-hybridized carbons (Fsp3) is 0.538. The highest BCUT2D eigenvalue weighted by Crippen LogP contribution is 2.10. The van der Waals surface area contributed by atoms with Crippen molar-refractivity contribution in [2.24, 2.45) is 5.73 Å². The van der Waals surface area contributed by atoms with E-state index in [4.69, 9.17) is 5.73 Å². The van der Waals surface area contributed by atoms with Gasteiger partial charge in [0.2, 0.25) is 5.91 Å². The number of hydrogen-bond acceptors (Lipinski definition) is 3. The number of nitrogens with two attached hydrogens (primary N) is 1. The minimum atomic E-state index is -0.403. The minimum Gasteiger partial charge on any atom is -0.348 e. The number of amides is 1. The van der Waals surface area contributed by atoms with Crippen LogP contribution < -0.4 is 11.1 Å². The van der Waals surface area contributed by atoms with Gasteiger partial charge in [-0.05, 0) is 31.0 Å². The van der Waals surface area contributed by atoms with Crippen molar-refractivity contribution >= 4 is 5.91 Å². The molecule has 1 aromatic rings. The molecule has 4 heteroatoms. The zero-order chi connectivity index (χ0) is 12.7. The fourth-order valence-electron chi connectivity index (χ4n) is 1.61. The van der Waals surface area contributed by atoms with Crippen LogP contribution in [0.1, 0.15) is 44.7 Å². The maximum absolute atomic E-state index is 11.8. The lowest BCUT2D eigenvalue weighted by Gasteiger charge is -2.17. The van der Waals surface area contributed by atoms with Crippen LogP contribution in [0.2, 0.25) is 0 Å². The first-order chi connectivity index (χ1) is 8.15. The third-order valence-corrected chi connectivity index (χ3v) is 2.77. The summed E-state index contributed by atoms with van der Waals surface area (Å²) in [6, 6.07) is 3.35. The smallest absolute Gasteiger partial charge is 0.237 e. The Kier molecular flexibility index (Phi) is 5.63. The van der Waals surface area contributed by atoms with E-state index in [-0.39, 0.29) is 11.9 Å². The van der Waals surface area contributed by atoms with E-state index in [2.05, 4.69) is 17.2 Å². The largest absolute Gasteiger partial charge is 0.348 e. The van der Waals surface area contributed by atoms with Crippen LogP contribution >= 0.6 is 0 Å². The van der Waals surface area contributed by atoms with E-state index in [1.807, 2.05) is 19.1 Å². The van der Waals surface area contributed by atoms with Crippen LogP contribution in [-0.2, 0) is 4.79 Å². The number of unbranched alkanes of at least 4 members (excludes halogenated alkanes) is 1. The van der Waals surface area contributed by atoms with Crippen LogP contribution in [0.15, 0.2) is 24.5 Å². The predicted molar refractivity (Wildman–Crippen MR) is 68.3 cm³/mol. The standard InChI is InChI=1S/C13H21N3O/c1-3-4-5-12(14)13(17)16-10(2)11-6-8-15-9-7-11/h6-10,12H,3-5,14H2,1-2H3,(H,16,17)/t10-,12+/m1/s1. The summed E-state index contributed by atoms with van der Waals surface area (Å²) in [7, 11) is 0. The van der Waals surface area contributed by atoms with E-state index >= 15 is 0 Å². The Balaban J connectivity index is 2.46. The summed E-state index contributed by atoms with van der Waals surface area (Å²) in [5, 5.41) is 2.91. The van der Waals surface area contributed by atoms with Crippen LogP contribution in [-0.4, -0.2) is 16.9 Å². The Morgan fingerprint density at radius 3 is 2.71 bits per heavy atom. The van der Waals surface area contributed by atoms with E-state index in [1.54, 1.807) is 12.4 Å². The van der Waals surface area contributed by atoms with Crippen molar-refractivity contribution in [1.82, 2.24) is 10.3 Å². The summed E-state index contributed by atoms with van der Waals surface area (Å²) in [6.45, 7) is 4.03. The monoisotopic (exact) mass is 235 g/mol. The minimum absolute atomic E-state index is 0.0295. The van der Waals surface area contributed by atoms with Crippen molar-refractivity contribution in [3.63, 3.8) is 0 Å². The molecule has 0 spiro atoms. The maximum Gasteiger partial charge on any atom is 0.237 e. The van der Waals surface area contributed by atoms with Gasteiger partial charge in [0.05, 0.1) is 12.1 Å². The Bertz CT molecular complexity index is 340. The van der Waals surface area contributed by atoms with Gasteiger partial charge in [0.1, 0.15) is 0 Å². The Morgan fingerprint density at radius 2 is 2.12 bits per heavy atom. The SMILES string of the molecule is CCCC[C@H](N)C(=O)N[C@H](C)c1ccncc1. The van der Waals surface area contributed by atoms with Gasteiger partial charge < -0.3 is 11.1 Å². The molecule has 1 aromatic heterocycles. The molecule has 0 fully saturated rings. The Labute approximate surface area is 103 Å². The number of hydrogen-bond donors (Lipinski definition) is 2. The molecule has 0 bridgehead atoms. The van der Waals surface area contributed by atoms with Gasteiger partial charge in [-0.15, -0.1) is 0 Å². The molecule has 3 N–H and O–H groups in total. The molecular weight excluding hydrogens is 214 g/mol. The molecule has 17 heavy (non-hydrogen) atoms. The highest BCUT2D eigenvalue weighted by molar-refractivity contribution is 5.81. The van der Waals surface area contributed by atoms with Crippen LogP contribution in [0.25, 0.3) is 0 Å². The van der Waals surface area contributed by atoms with E-state index in [9.17, 15) is 4.79 Å². The summed E-state index contributed by atoms with van der Waals surface area (Å²) in [5.41, 5.74) is 6.84. The molecule has 1 rings (SSSR count). The van der Waals surface area contributed by atoms with Crippen LogP contribution in [0, 0.1) is 0 Å². The van der Waals surface area contributed by atoms with Crippen molar-refractivity contribution < 1.29 is 4.79 Å². The quantitative estimate of drug-likeness (QED) is 0.789. The highest BCUT2D eigenvalue weighted by Gasteiger charge is 2.15. The van der Waals surface area contributed by atoms with Crippen molar-refractivity contribution in [2.45, 2.75) is 45.2 Å². The van der Waals surface area contributed by atoms with Crippen molar-refractivity contribution in [1.29, 1.82) is 0 Å². The number of aromatic nitrogens is 1. The van der Waals surface area contributed by atoms with E-state index in [0.717, 1.165) is 24.8 Å². The number of nitrogens with one attached hydrogen (secondary N) is 1. The van der Waals surface area contributed by atoms with Gasteiger partial charge >= 0.3 is 0 Å². The zero-order valence-electron chi connectivity index (χ0n) is 10.5. The van der Waals surface area contributed by atoms with Crippen molar-refractivity contribution in [2.75, 3.05) is 0 Å². The topological polar surface area (TPSA) is 68.0 Å². The maximum atomic E-state index is 11.8. The molecule has 94 valence electrons. The average molecular weight is 235 g/mol. The van der Waals surface area contributed by atoms with Gasteiger partial charge in [0, 0.05) is 12.4 Å². The lowest BCUT2D eigenvalue weighted by atomic mass is 10.1. The molecule has 1 heterocycles. The first kappa shape index (κ1) is 13.6. The van der Waals surface area contributed by atoms with Crippen LogP contribution in [0.4, 0.5) is 0 Å². The molecule has 0 radical (unpaired) electrons. The first-order valence-corrected chi connectivity index (χ1v) is 6.11. The summed E-state index contributed by atoms with van der Waals surface area (Å²) in [4.78, 5) is 15.7. The molecule has 0 saturated carbocycles. The molecule has 0 aliphatic heterocycles. The molecule has 0 saturated heterocycles. The zero-order valence-corrected chi connectivity index (χ0v) is 10.5. The first-order valence-electron chi connectivity index (χ1n) is 6.11. The lowest BCUT2D eigenvalue weighted by Crippen LogP contribution is -2.41. The number of nitrogens with zero attached hydrogens (tertiary/aromatic N) is 1. The number of pyridine rings is 1. The number of rotatable bonds is 6. The molecule has 0 aliphatic carbocycles.